The molecule has 0 atom stereocenters. The molecule has 1 aromatic heterocycles. The number of aromatic nitrogens is 2. The molecule has 0 aliphatic heterocycles. The number of nitrogens with zero attached hydrogens (tertiary/aromatic N) is 3. The van der Waals surface area contributed by atoms with E-state index in [1.165, 1.54) is 11.7 Å². The third-order valence-electron chi connectivity index (χ3n) is 2.27. The van der Waals surface area contributed by atoms with Crippen LogP contribution in [-0.4, -0.2) is 32.5 Å². The van der Waals surface area contributed by atoms with E-state index in [0.717, 1.165) is 0 Å². The van der Waals surface area contributed by atoms with Crippen molar-refractivity contribution < 1.29 is 18.1 Å². The molecule has 0 unspecified atom stereocenters. The first kappa shape index (κ1) is 15.6. The Morgan fingerprint density at radius 1 is 1.53 bits per heavy atom. The average molecular weight is 298 g/mol. The zero-order valence-electron chi connectivity index (χ0n) is 10.3. The SMILES string of the molecule is CCc1nn(C)c(NCCSC(F)(F)F)c1[N+](=O)[O-]. The van der Waals surface area contributed by atoms with Gasteiger partial charge in [0.05, 0.1) is 4.92 Å². The topological polar surface area (TPSA) is 73.0 Å². The molecule has 0 aliphatic rings. The summed E-state index contributed by atoms with van der Waals surface area (Å²) < 4.78 is 37.1. The summed E-state index contributed by atoms with van der Waals surface area (Å²) in [6, 6.07) is 0. The Morgan fingerprint density at radius 3 is 2.63 bits per heavy atom. The summed E-state index contributed by atoms with van der Waals surface area (Å²) in [4.78, 5) is 10.4. The lowest BCUT2D eigenvalue weighted by molar-refractivity contribution is -0.384. The summed E-state index contributed by atoms with van der Waals surface area (Å²) in [5.41, 5.74) is -4.17. The smallest absolute Gasteiger partial charge is 0.364 e. The summed E-state index contributed by atoms with van der Waals surface area (Å²) in [5, 5.41) is 17.5. The van der Waals surface area contributed by atoms with Crippen molar-refractivity contribution >= 4 is 23.3 Å². The standard InChI is InChI=1S/C9H13F3N4O2S/c1-3-6-7(16(17)18)8(15(2)14-6)13-4-5-19-9(10,11)12/h13H,3-5H2,1-2H3. The molecule has 0 aliphatic carbocycles. The molecule has 19 heavy (non-hydrogen) atoms. The molecule has 1 aromatic rings. The van der Waals surface area contributed by atoms with Crippen LogP contribution >= 0.6 is 11.8 Å². The highest BCUT2D eigenvalue weighted by Gasteiger charge is 2.28. The summed E-state index contributed by atoms with van der Waals surface area (Å²) in [6.45, 7) is 1.69. The van der Waals surface area contributed by atoms with Crippen LogP contribution < -0.4 is 5.32 Å². The van der Waals surface area contributed by atoms with Gasteiger partial charge in [-0.1, -0.05) is 6.92 Å². The lowest BCUT2D eigenvalue weighted by Crippen LogP contribution is -2.12. The number of thioether (sulfide) groups is 1. The Labute approximate surface area is 111 Å². The zero-order chi connectivity index (χ0) is 14.6. The Balaban J connectivity index is 2.73. The van der Waals surface area contributed by atoms with E-state index in [1.54, 1.807) is 6.92 Å². The van der Waals surface area contributed by atoms with E-state index >= 15 is 0 Å². The highest BCUT2D eigenvalue weighted by Crippen LogP contribution is 2.31. The third-order valence-corrected chi connectivity index (χ3v) is 3.01. The predicted molar refractivity (Wildman–Crippen MR) is 66.2 cm³/mol. The minimum atomic E-state index is -4.30. The van der Waals surface area contributed by atoms with Crippen LogP contribution in [0.3, 0.4) is 0 Å². The zero-order valence-corrected chi connectivity index (χ0v) is 11.1. The van der Waals surface area contributed by atoms with Gasteiger partial charge in [0.25, 0.3) is 0 Å². The average Bonchev–Trinajstić information content (AvgIpc) is 2.60. The highest BCUT2D eigenvalue weighted by atomic mass is 32.2. The molecule has 1 rings (SSSR count). The Hall–Kier alpha value is -1.45. The molecule has 1 N–H and O–H groups in total. The van der Waals surface area contributed by atoms with E-state index in [-0.39, 0.29) is 35.6 Å². The minimum absolute atomic E-state index is 0.0340. The van der Waals surface area contributed by atoms with Crippen molar-refractivity contribution in [3.63, 3.8) is 0 Å². The molecule has 0 fully saturated rings. The lowest BCUT2D eigenvalue weighted by Gasteiger charge is -2.07. The predicted octanol–water partition coefficient (Wildman–Crippen LogP) is 2.56. The van der Waals surface area contributed by atoms with Crippen molar-refractivity contribution in [3.8, 4) is 0 Å². The number of hydrogen-bond donors (Lipinski definition) is 1. The number of nitrogens with one attached hydrogen (secondary N) is 1. The summed E-state index contributed by atoms with van der Waals surface area (Å²) >= 11 is -0.177. The normalized spacial score (nSPS) is 11.6. The van der Waals surface area contributed by atoms with Gasteiger partial charge in [-0.2, -0.15) is 18.3 Å². The molecule has 10 heteroatoms. The highest BCUT2D eigenvalue weighted by molar-refractivity contribution is 8.00. The van der Waals surface area contributed by atoms with Crippen LogP contribution in [0.1, 0.15) is 12.6 Å². The summed E-state index contributed by atoms with van der Waals surface area (Å²) in [6.07, 6.45) is 0.378. The van der Waals surface area contributed by atoms with Crippen molar-refractivity contribution in [1.29, 1.82) is 0 Å². The fraction of sp³-hybridized carbons (Fsp3) is 0.667. The third kappa shape index (κ3) is 4.30. The van der Waals surface area contributed by atoms with Crippen LogP contribution in [0.25, 0.3) is 0 Å². The second-order valence-corrected chi connectivity index (χ2v) is 4.76. The molecule has 108 valence electrons. The molecule has 0 saturated carbocycles. The fourth-order valence-corrected chi connectivity index (χ4v) is 1.97. The molecule has 0 radical (unpaired) electrons. The maximum atomic E-state index is 11.9. The Bertz CT molecular complexity index is 461. The van der Waals surface area contributed by atoms with E-state index in [0.29, 0.717) is 12.1 Å². The van der Waals surface area contributed by atoms with E-state index in [2.05, 4.69) is 10.4 Å². The molecule has 1 heterocycles. The van der Waals surface area contributed by atoms with Gasteiger partial charge >= 0.3 is 11.2 Å². The van der Waals surface area contributed by atoms with Crippen molar-refractivity contribution in [1.82, 2.24) is 9.78 Å². The first-order chi connectivity index (χ1) is 8.76. The largest absolute Gasteiger partial charge is 0.441 e. The van der Waals surface area contributed by atoms with Crippen molar-refractivity contribution in [2.45, 2.75) is 18.9 Å². The monoisotopic (exact) mass is 298 g/mol. The Kier molecular flexibility index (Phi) is 5.04. The van der Waals surface area contributed by atoms with E-state index < -0.39 is 10.4 Å². The molecule has 6 nitrogen and oxygen atoms in total. The van der Waals surface area contributed by atoms with Crippen LogP contribution in [-0.2, 0) is 13.5 Å². The van der Waals surface area contributed by atoms with E-state index in [4.69, 9.17) is 0 Å². The molecule has 0 aromatic carbocycles. The first-order valence-electron chi connectivity index (χ1n) is 5.41. The Morgan fingerprint density at radius 2 is 2.16 bits per heavy atom. The number of hydrogen-bond acceptors (Lipinski definition) is 5. The van der Waals surface area contributed by atoms with Gasteiger partial charge in [-0.25, -0.2) is 4.68 Å². The summed E-state index contributed by atoms with van der Waals surface area (Å²) in [7, 11) is 1.51. The van der Waals surface area contributed by atoms with Crippen molar-refractivity contribution in [2.75, 3.05) is 17.6 Å². The van der Waals surface area contributed by atoms with Crippen LogP contribution in [0.2, 0.25) is 0 Å². The van der Waals surface area contributed by atoms with Gasteiger partial charge in [-0.05, 0) is 18.2 Å². The summed E-state index contributed by atoms with van der Waals surface area (Å²) in [5.74, 6) is -0.0996. The minimum Gasteiger partial charge on any atom is -0.364 e. The first-order valence-corrected chi connectivity index (χ1v) is 6.39. The number of rotatable bonds is 6. The van der Waals surface area contributed by atoms with Crippen LogP contribution in [0.4, 0.5) is 24.7 Å². The van der Waals surface area contributed by atoms with Crippen molar-refractivity contribution in [3.05, 3.63) is 15.8 Å². The molecular weight excluding hydrogens is 285 g/mol. The molecule has 0 amide bonds. The van der Waals surface area contributed by atoms with Gasteiger partial charge in [0.2, 0.25) is 5.82 Å². The van der Waals surface area contributed by atoms with Crippen LogP contribution in [0.15, 0.2) is 0 Å². The number of nitro groups is 1. The fourth-order valence-electron chi connectivity index (χ4n) is 1.53. The quantitative estimate of drug-likeness (QED) is 0.496. The number of anilines is 1. The second-order valence-electron chi connectivity index (χ2n) is 3.60. The van der Waals surface area contributed by atoms with Gasteiger partial charge in [0, 0.05) is 19.3 Å². The van der Waals surface area contributed by atoms with Gasteiger partial charge in [0.15, 0.2) is 0 Å². The lowest BCUT2D eigenvalue weighted by atomic mass is 10.3. The number of aryl methyl sites for hydroxylation is 2. The van der Waals surface area contributed by atoms with Gasteiger partial charge in [0.1, 0.15) is 5.69 Å². The molecular formula is C9H13F3N4O2S. The molecule has 0 saturated heterocycles. The maximum absolute atomic E-state index is 11.9. The van der Waals surface area contributed by atoms with E-state index in [1.807, 2.05) is 0 Å². The van der Waals surface area contributed by atoms with Gasteiger partial charge in [-0.3, -0.25) is 10.1 Å². The van der Waals surface area contributed by atoms with E-state index in [9.17, 15) is 23.3 Å². The van der Waals surface area contributed by atoms with Gasteiger partial charge in [-0.15, -0.1) is 0 Å². The second kappa shape index (κ2) is 6.13. The molecule has 0 bridgehead atoms. The van der Waals surface area contributed by atoms with Crippen LogP contribution in [0.5, 0.6) is 0 Å². The number of alkyl halides is 3. The number of halogens is 3. The molecule has 0 spiro atoms. The van der Waals surface area contributed by atoms with Crippen molar-refractivity contribution in [2.24, 2.45) is 7.05 Å². The van der Waals surface area contributed by atoms with Gasteiger partial charge < -0.3 is 5.32 Å². The maximum Gasteiger partial charge on any atom is 0.441 e. The van der Waals surface area contributed by atoms with Crippen LogP contribution in [0, 0.1) is 10.1 Å².